The standard InChI is InChI=1S/C23H31N5O2/c1-17-6-4-8-21(25-17)26-23(30)19-7-5-13-28(15-19)16-22(29)24-14-18-9-11-20(12-10-18)27(2)3/h4,6,8-12,19H,5,7,13-16H2,1-3H3,(H,24,29)(H,25,26,30). The van der Waals surface area contributed by atoms with Crippen molar-refractivity contribution in [1.82, 2.24) is 15.2 Å². The van der Waals surface area contributed by atoms with Gasteiger partial charge in [-0.15, -0.1) is 0 Å². The van der Waals surface area contributed by atoms with E-state index in [-0.39, 0.29) is 17.7 Å². The first kappa shape index (κ1) is 21.8. The van der Waals surface area contributed by atoms with Crippen LogP contribution in [0.1, 0.15) is 24.1 Å². The van der Waals surface area contributed by atoms with Gasteiger partial charge in [0, 0.05) is 38.6 Å². The van der Waals surface area contributed by atoms with Crippen LogP contribution in [0.3, 0.4) is 0 Å². The van der Waals surface area contributed by atoms with Crippen molar-refractivity contribution < 1.29 is 9.59 Å². The number of nitrogens with zero attached hydrogens (tertiary/aromatic N) is 3. The lowest BCUT2D eigenvalue weighted by atomic mass is 9.97. The Morgan fingerprint density at radius 2 is 1.93 bits per heavy atom. The van der Waals surface area contributed by atoms with E-state index in [4.69, 9.17) is 0 Å². The maximum Gasteiger partial charge on any atom is 0.234 e. The fraction of sp³-hybridized carbons (Fsp3) is 0.435. The molecule has 0 spiro atoms. The normalized spacial score (nSPS) is 16.7. The van der Waals surface area contributed by atoms with Crippen LogP contribution in [0.15, 0.2) is 42.5 Å². The van der Waals surface area contributed by atoms with Gasteiger partial charge in [0.25, 0.3) is 0 Å². The molecule has 160 valence electrons. The van der Waals surface area contributed by atoms with Gasteiger partial charge in [-0.1, -0.05) is 18.2 Å². The van der Waals surface area contributed by atoms with E-state index in [9.17, 15) is 9.59 Å². The van der Waals surface area contributed by atoms with Gasteiger partial charge in [0.05, 0.1) is 12.5 Å². The molecule has 0 aliphatic carbocycles. The second-order valence-electron chi connectivity index (χ2n) is 8.07. The summed E-state index contributed by atoms with van der Waals surface area (Å²) in [5, 5.41) is 5.88. The summed E-state index contributed by atoms with van der Waals surface area (Å²) in [5.74, 6) is 0.398. The zero-order valence-corrected chi connectivity index (χ0v) is 18.0. The first-order chi connectivity index (χ1) is 14.4. The third kappa shape index (κ3) is 6.29. The summed E-state index contributed by atoms with van der Waals surface area (Å²) >= 11 is 0. The van der Waals surface area contributed by atoms with E-state index < -0.39 is 0 Å². The molecule has 1 aromatic heterocycles. The van der Waals surface area contributed by atoms with E-state index in [0.29, 0.717) is 25.5 Å². The van der Waals surface area contributed by atoms with E-state index in [1.165, 1.54) is 0 Å². The number of hydrogen-bond donors (Lipinski definition) is 2. The highest BCUT2D eigenvalue weighted by molar-refractivity contribution is 5.92. The average molecular weight is 410 g/mol. The molecule has 1 fully saturated rings. The molecule has 7 nitrogen and oxygen atoms in total. The van der Waals surface area contributed by atoms with E-state index in [1.54, 1.807) is 6.07 Å². The predicted octanol–water partition coefficient (Wildman–Crippen LogP) is 2.42. The number of anilines is 2. The number of likely N-dealkylation sites (tertiary alicyclic amines) is 1. The summed E-state index contributed by atoms with van der Waals surface area (Å²) in [6.07, 6.45) is 1.73. The number of carbonyl (C=O) groups excluding carboxylic acids is 2. The molecule has 1 aliphatic rings. The molecular formula is C23H31N5O2. The van der Waals surface area contributed by atoms with Crippen molar-refractivity contribution in [2.75, 3.05) is 43.9 Å². The quantitative estimate of drug-likeness (QED) is 0.734. The van der Waals surface area contributed by atoms with Gasteiger partial charge in [-0.25, -0.2) is 4.98 Å². The lowest BCUT2D eigenvalue weighted by molar-refractivity contribution is -0.125. The molecule has 1 atom stereocenters. The van der Waals surface area contributed by atoms with Crippen LogP contribution in [0.25, 0.3) is 0 Å². The summed E-state index contributed by atoms with van der Waals surface area (Å²) in [7, 11) is 4.00. The zero-order valence-electron chi connectivity index (χ0n) is 18.0. The Morgan fingerprint density at radius 3 is 2.63 bits per heavy atom. The fourth-order valence-electron chi connectivity index (χ4n) is 3.63. The van der Waals surface area contributed by atoms with E-state index in [1.807, 2.05) is 62.3 Å². The summed E-state index contributed by atoms with van der Waals surface area (Å²) in [4.78, 5) is 33.4. The van der Waals surface area contributed by atoms with E-state index in [0.717, 1.165) is 36.3 Å². The topological polar surface area (TPSA) is 77.6 Å². The number of amides is 2. The Morgan fingerprint density at radius 1 is 1.17 bits per heavy atom. The van der Waals surface area contributed by atoms with Gasteiger partial charge in [0.15, 0.2) is 0 Å². The lowest BCUT2D eigenvalue weighted by Crippen LogP contribution is -2.45. The molecule has 30 heavy (non-hydrogen) atoms. The Kier molecular flexibility index (Phi) is 7.41. The lowest BCUT2D eigenvalue weighted by Gasteiger charge is -2.31. The third-order valence-corrected chi connectivity index (χ3v) is 5.33. The van der Waals surface area contributed by atoms with Crippen molar-refractivity contribution >= 4 is 23.3 Å². The molecule has 2 amide bonds. The smallest absolute Gasteiger partial charge is 0.234 e. The minimum Gasteiger partial charge on any atom is -0.378 e. The van der Waals surface area contributed by atoms with Crippen LogP contribution in [0.2, 0.25) is 0 Å². The number of aromatic nitrogens is 1. The second kappa shape index (κ2) is 10.2. The number of aryl methyl sites for hydroxylation is 1. The number of rotatable bonds is 7. The van der Waals surface area contributed by atoms with Crippen LogP contribution in [0.5, 0.6) is 0 Å². The number of carbonyl (C=O) groups is 2. The zero-order chi connectivity index (χ0) is 21.5. The molecule has 2 heterocycles. The largest absolute Gasteiger partial charge is 0.378 e. The van der Waals surface area contributed by atoms with Crippen molar-refractivity contribution in [2.24, 2.45) is 5.92 Å². The predicted molar refractivity (Wildman–Crippen MR) is 119 cm³/mol. The molecule has 7 heteroatoms. The molecule has 1 unspecified atom stereocenters. The highest BCUT2D eigenvalue weighted by Gasteiger charge is 2.27. The van der Waals surface area contributed by atoms with E-state index in [2.05, 4.69) is 20.5 Å². The van der Waals surface area contributed by atoms with Crippen molar-refractivity contribution in [3.8, 4) is 0 Å². The van der Waals surface area contributed by atoms with Crippen LogP contribution in [0.4, 0.5) is 11.5 Å². The molecule has 1 aromatic carbocycles. The molecule has 1 saturated heterocycles. The SMILES string of the molecule is Cc1cccc(NC(=O)C2CCCN(CC(=O)NCc3ccc(N(C)C)cc3)C2)n1. The molecule has 1 aliphatic heterocycles. The van der Waals surface area contributed by atoms with Crippen molar-refractivity contribution in [2.45, 2.75) is 26.3 Å². The number of pyridine rings is 1. The monoisotopic (exact) mass is 409 g/mol. The van der Waals surface area contributed by atoms with Gasteiger partial charge in [0.2, 0.25) is 11.8 Å². The van der Waals surface area contributed by atoms with Gasteiger partial charge in [0.1, 0.15) is 5.82 Å². The maximum atomic E-state index is 12.6. The summed E-state index contributed by atoms with van der Waals surface area (Å²) in [6.45, 7) is 4.12. The van der Waals surface area contributed by atoms with Gasteiger partial charge >= 0.3 is 0 Å². The summed E-state index contributed by atoms with van der Waals surface area (Å²) in [6, 6.07) is 13.7. The Bertz CT molecular complexity index is 866. The number of piperidine rings is 1. The highest BCUT2D eigenvalue weighted by Crippen LogP contribution is 2.18. The van der Waals surface area contributed by atoms with Gasteiger partial charge in [-0.2, -0.15) is 0 Å². The van der Waals surface area contributed by atoms with Crippen LogP contribution < -0.4 is 15.5 Å². The van der Waals surface area contributed by atoms with Crippen molar-refractivity contribution in [3.63, 3.8) is 0 Å². The fourth-order valence-corrected chi connectivity index (χ4v) is 3.63. The van der Waals surface area contributed by atoms with E-state index >= 15 is 0 Å². The molecule has 0 radical (unpaired) electrons. The third-order valence-electron chi connectivity index (χ3n) is 5.33. The molecule has 0 bridgehead atoms. The van der Waals surface area contributed by atoms with Gasteiger partial charge in [-0.3, -0.25) is 14.5 Å². The highest BCUT2D eigenvalue weighted by atomic mass is 16.2. The second-order valence-corrected chi connectivity index (χ2v) is 8.07. The number of benzene rings is 1. The van der Waals surface area contributed by atoms with Crippen LogP contribution in [-0.4, -0.2) is 55.4 Å². The first-order valence-electron chi connectivity index (χ1n) is 10.4. The Balaban J connectivity index is 1.45. The molecule has 2 aromatic rings. The number of nitrogens with one attached hydrogen (secondary N) is 2. The van der Waals surface area contributed by atoms with Crippen LogP contribution >= 0.6 is 0 Å². The van der Waals surface area contributed by atoms with Crippen LogP contribution in [0, 0.1) is 12.8 Å². The minimum absolute atomic E-state index is 0.0203. The summed E-state index contributed by atoms with van der Waals surface area (Å²) in [5.41, 5.74) is 3.06. The Labute approximate surface area is 178 Å². The molecular weight excluding hydrogens is 378 g/mol. The van der Waals surface area contributed by atoms with Crippen LogP contribution in [-0.2, 0) is 16.1 Å². The molecule has 0 saturated carbocycles. The first-order valence-corrected chi connectivity index (χ1v) is 10.4. The maximum absolute atomic E-state index is 12.6. The Hall–Kier alpha value is -2.93. The van der Waals surface area contributed by atoms with Crippen molar-refractivity contribution in [3.05, 3.63) is 53.7 Å². The van der Waals surface area contributed by atoms with Gasteiger partial charge < -0.3 is 15.5 Å². The molecule has 3 rings (SSSR count). The van der Waals surface area contributed by atoms with Crippen molar-refractivity contribution in [1.29, 1.82) is 0 Å². The average Bonchev–Trinajstić information content (AvgIpc) is 2.73. The molecule has 2 N–H and O–H groups in total. The minimum atomic E-state index is -0.132. The summed E-state index contributed by atoms with van der Waals surface area (Å²) < 4.78 is 0. The number of hydrogen-bond acceptors (Lipinski definition) is 5. The van der Waals surface area contributed by atoms with Gasteiger partial charge in [-0.05, 0) is 56.1 Å².